The van der Waals surface area contributed by atoms with Gasteiger partial charge in [-0.3, -0.25) is 10.1 Å². The maximum absolute atomic E-state index is 9.34. The third-order valence-electron chi connectivity index (χ3n) is 4.14. The molecule has 0 amide bonds. The highest BCUT2D eigenvalue weighted by Gasteiger charge is 2.10. The van der Waals surface area contributed by atoms with E-state index in [0.717, 1.165) is 27.8 Å². The summed E-state index contributed by atoms with van der Waals surface area (Å²) in [7, 11) is 1.60. The van der Waals surface area contributed by atoms with Gasteiger partial charge in [-0.2, -0.15) is 10.4 Å². The molecule has 2 aromatic heterocycles. The Morgan fingerprint density at radius 3 is 2.69 bits per heavy atom. The monoisotopic (exact) mass is 341 g/mol. The van der Waals surface area contributed by atoms with Crippen LogP contribution >= 0.6 is 0 Å². The number of nitrogens with zero attached hydrogens (tertiary/aromatic N) is 3. The maximum atomic E-state index is 9.34. The minimum Gasteiger partial charge on any atom is -0.497 e. The molecule has 0 spiro atoms. The summed E-state index contributed by atoms with van der Waals surface area (Å²) in [5.41, 5.74) is 4.89. The Kier molecular flexibility index (Phi) is 3.96. The van der Waals surface area contributed by atoms with E-state index in [1.807, 2.05) is 36.4 Å². The molecule has 26 heavy (non-hydrogen) atoms. The Labute approximate surface area is 150 Å². The molecule has 6 nitrogen and oxygen atoms in total. The zero-order chi connectivity index (χ0) is 17.9. The zero-order valence-corrected chi connectivity index (χ0v) is 14.0. The molecule has 126 valence electrons. The molecule has 2 N–H and O–H groups in total. The van der Waals surface area contributed by atoms with E-state index in [1.54, 1.807) is 31.6 Å². The van der Waals surface area contributed by atoms with Crippen LogP contribution in [0.2, 0.25) is 0 Å². The predicted molar refractivity (Wildman–Crippen MR) is 100 cm³/mol. The summed E-state index contributed by atoms with van der Waals surface area (Å²) in [6.07, 6.45) is 3.49. The van der Waals surface area contributed by atoms with Crippen molar-refractivity contribution < 1.29 is 4.74 Å². The number of hydrogen-bond donors (Lipinski definition) is 2. The quantitative estimate of drug-likeness (QED) is 0.579. The fraction of sp³-hybridized carbons (Fsp3) is 0.0500. The third kappa shape index (κ3) is 2.82. The first-order valence-corrected chi connectivity index (χ1v) is 8.02. The molecule has 4 aromatic rings. The summed E-state index contributed by atoms with van der Waals surface area (Å²) in [5.74, 6) is 0.688. The van der Waals surface area contributed by atoms with Gasteiger partial charge >= 0.3 is 0 Å². The van der Waals surface area contributed by atoms with E-state index in [0.29, 0.717) is 17.0 Å². The number of anilines is 2. The summed E-state index contributed by atoms with van der Waals surface area (Å²) in [6, 6.07) is 17.3. The predicted octanol–water partition coefficient (Wildman–Crippen LogP) is 4.25. The summed E-state index contributed by atoms with van der Waals surface area (Å²) < 4.78 is 5.26. The number of nitrogens with one attached hydrogen (secondary N) is 2. The number of fused-ring (bicyclic) bond motifs is 1. The number of aromatic nitrogens is 3. The average molecular weight is 341 g/mol. The lowest BCUT2D eigenvalue weighted by Crippen LogP contribution is -1.95. The SMILES string of the molecule is COc1ccc(C#N)c(Nc2ccc3[nH]nc(-c4ccncc4)c3c2)c1. The molecule has 0 saturated heterocycles. The lowest BCUT2D eigenvalue weighted by atomic mass is 10.1. The number of nitriles is 1. The van der Waals surface area contributed by atoms with Crippen molar-refractivity contribution in [3.05, 3.63) is 66.5 Å². The highest BCUT2D eigenvalue weighted by atomic mass is 16.5. The molecule has 0 saturated carbocycles. The van der Waals surface area contributed by atoms with Gasteiger partial charge in [-0.1, -0.05) is 0 Å². The van der Waals surface area contributed by atoms with Gasteiger partial charge < -0.3 is 10.1 Å². The lowest BCUT2D eigenvalue weighted by molar-refractivity contribution is 0.415. The van der Waals surface area contributed by atoms with Gasteiger partial charge in [-0.15, -0.1) is 0 Å². The van der Waals surface area contributed by atoms with Crippen molar-refractivity contribution in [3.63, 3.8) is 0 Å². The third-order valence-corrected chi connectivity index (χ3v) is 4.14. The number of pyridine rings is 1. The molecule has 0 aliphatic heterocycles. The first-order chi connectivity index (χ1) is 12.8. The van der Waals surface area contributed by atoms with Crippen LogP contribution < -0.4 is 10.1 Å². The number of methoxy groups -OCH3 is 1. The van der Waals surface area contributed by atoms with Gasteiger partial charge in [-0.25, -0.2) is 0 Å². The van der Waals surface area contributed by atoms with Gasteiger partial charge in [-0.05, 0) is 42.5 Å². The largest absolute Gasteiger partial charge is 0.497 e. The van der Waals surface area contributed by atoms with Crippen molar-refractivity contribution in [1.29, 1.82) is 5.26 Å². The molecule has 0 unspecified atom stereocenters. The molecule has 0 atom stereocenters. The Balaban J connectivity index is 1.76. The summed E-state index contributed by atoms with van der Waals surface area (Å²) in [4.78, 5) is 4.05. The fourth-order valence-corrected chi connectivity index (χ4v) is 2.83. The minimum atomic E-state index is 0.549. The van der Waals surface area contributed by atoms with E-state index >= 15 is 0 Å². The summed E-state index contributed by atoms with van der Waals surface area (Å²) in [6.45, 7) is 0. The molecule has 0 radical (unpaired) electrons. The van der Waals surface area contributed by atoms with E-state index in [1.165, 1.54) is 0 Å². The molecular formula is C20H15N5O. The van der Waals surface area contributed by atoms with Crippen LogP contribution in [0.25, 0.3) is 22.2 Å². The number of rotatable bonds is 4. The molecule has 0 fully saturated rings. The maximum Gasteiger partial charge on any atom is 0.121 e. The van der Waals surface area contributed by atoms with Gasteiger partial charge in [0.05, 0.1) is 23.9 Å². The Hall–Kier alpha value is -3.85. The second kappa shape index (κ2) is 6.57. The second-order valence-corrected chi connectivity index (χ2v) is 5.72. The average Bonchev–Trinajstić information content (AvgIpc) is 3.12. The molecule has 2 aromatic carbocycles. The fourth-order valence-electron chi connectivity index (χ4n) is 2.83. The van der Waals surface area contributed by atoms with Gasteiger partial charge in [0.25, 0.3) is 0 Å². The number of hydrogen-bond acceptors (Lipinski definition) is 5. The molecule has 2 heterocycles. The Bertz CT molecular complexity index is 1110. The van der Waals surface area contributed by atoms with Crippen molar-refractivity contribution in [3.8, 4) is 23.1 Å². The molecule has 6 heteroatoms. The van der Waals surface area contributed by atoms with E-state index in [4.69, 9.17) is 4.74 Å². The summed E-state index contributed by atoms with van der Waals surface area (Å²) in [5, 5.41) is 21.1. The molecule has 0 aliphatic carbocycles. The molecular weight excluding hydrogens is 326 g/mol. The lowest BCUT2D eigenvalue weighted by Gasteiger charge is -2.10. The van der Waals surface area contributed by atoms with Crippen LogP contribution in [0.1, 0.15) is 5.56 Å². The number of ether oxygens (including phenoxy) is 1. The molecule has 0 aliphatic rings. The number of H-pyrrole nitrogens is 1. The zero-order valence-electron chi connectivity index (χ0n) is 14.0. The van der Waals surface area contributed by atoms with Gasteiger partial charge in [0, 0.05) is 35.1 Å². The first kappa shape index (κ1) is 15.7. The first-order valence-electron chi connectivity index (χ1n) is 8.02. The molecule has 0 bridgehead atoms. The van der Waals surface area contributed by atoms with Gasteiger partial charge in [0.15, 0.2) is 0 Å². The van der Waals surface area contributed by atoms with Crippen LogP contribution in [0.15, 0.2) is 60.9 Å². The summed E-state index contributed by atoms with van der Waals surface area (Å²) >= 11 is 0. The van der Waals surface area contributed by atoms with Crippen LogP contribution in [0.4, 0.5) is 11.4 Å². The normalized spacial score (nSPS) is 10.5. The van der Waals surface area contributed by atoms with Crippen LogP contribution in [0.3, 0.4) is 0 Å². The van der Waals surface area contributed by atoms with Crippen molar-refractivity contribution in [2.75, 3.05) is 12.4 Å². The Morgan fingerprint density at radius 2 is 1.92 bits per heavy atom. The van der Waals surface area contributed by atoms with Crippen LogP contribution in [-0.4, -0.2) is 22.3 Å². The highest BCUT2D eigenvalue weighted by molar-refractivity contribution is 5.95. The second-order valence-electron chi connectivity index (χ2n) is 5.72. The van der Waals surface area contributed by atoms with Crippen LogP contribution in [-0.2, 0) is 0 Å². The smallest absolute Gasteiger partial charge is 0.121 e. The molecule has 4 rings (SSSR count). The Morgan fingerprint density at radius 1 is 1.08 bits per heavy atom. The van der Waals surface area contributed by atoms with Gasteiger partial charge in [0.2, 0.25) is 0 Å². The van der Waals surface area contributed by atoms with Crippen molar-refractivity contribution in [2.45, 2.75) is 0 Å². The minimum absolute atomic E-state index is 0.549. The van der Waals surface area contributed by atoms with Gasteiger partial charge in [0.1, 0.15) is 17.5 Å². The van der Waals surface area contributed by atoms with Crippen LogP contribution in [0, 0.1) is 11.3 Å². The van der Waals surface area contributed by atoms with E-state index in [9.17, 15) is 5.26 Å². The number of aromatic amines is 1. The standard InChI is InChI=1S/C20H15N5O/c1-26-16-4-2-14(12-21)19(11-16)23-15-3-5-18-17(10-15)20(25-24-18)13-6-8-22-9-7-13/h2-11,23H,1H3,(H,24,25). The van der Waals surface area contributed by atoms with Crippen molar-refractivity contribution in [2.24, 2.45) is 0 Å². The van der Waals surface area contributed by atoms with E-state index in [-0.39, 0.29) is 0 Å². The van der Waals surface area contributed by atoms with Crippen LogP contribution in [0.5, 0.6) is 5.75 Å². The van der Waals surface area contributed by atoms with Crippen molar-refractivity contribution >= 4 is 22.3 Å². The van der Waals surface area contributed by atoms with E-state index in [2.05, 4.69) is 26.6 Å². The van der Waals surface area contributed by atoms with Crippen molar-refractivity contribution in [1.82, 2.24) is 15.2 Å². The topological polar surface area (TPSA) is 86.6 Å². The number of benzene rings is 2. The van der Waals surface area contributed by atoms with E-state index < -0.39 is 0 Å². The highest BCUT2D eigenvalue weighted by Crippen LogP contribution is 2.31.